The highest BCUT2D eigenvalue weighted by atomic mass is 35.5. The van der Waals surface area contributed by atoms with Crippen molar-refractivity contribution in [1.29, 1.82) is 0 Å². The molecule has 0 aliphatic carbocycles. The Hall–Kier alpha value is -1.78. The van der Waals surface area contributed by atoms with Crippen LogP contribution in [-0.2, 0) is 0 Å². The molecule has 2 N–H and O–H groups in total. The van der Waals surface area contributed by atoms with Gasteiger partial charge >= 0.3 is 6.03 Å². The molecular formula is C13H13Cl2N3O. The third-order valence-corrected chi connectivity index (χ3v) is 2.96. The number of rotatable bonds is 2. The van der Waals surface area contributed by atoms with Crippen molar-refractivity contribution < 1.29 is 4.79 Å². The zero-order valence-corrected chi connectivity index (χ0v) is 11.8. The summed E-state index contributed by atoms with van der Waals surface area (Å²) in [5.41, 5.74) is 7.64. The largest absolute Gasteiger partial charge is 0.351 e. The topological polar surface area (TPSA) is 59.2 Å². The summed E-state index contributed by atoms with van der Waals surface area (Å²) < 4.78 is 0. The van der Waals surface area contributed by atoms with Crippen LogP contribution in [0, 0.1) is 6.92 Å². The molecule has 0 atom stereocenters. The predicted molar refractivity (Wildman–Crippen MR) is 79.4 cm³/mol. The number of amides is 2. The van der Waals surface area contributed by atoms with Gasteiger partial charge < -0.3 is 5.73 Å². The van der Waals surface area contributed by atoms with E-state index in [-0.39, 0.29) is 12.4 Å². The van der Waals surface area contributed by atoms with Crippen LogP contribution in [-0.4, -0.2) is 11.0 Å². The fourth-order valence-electron chi connectivity index (χ4n) is 1.62. The first-order valence-corrected chi connectivity index (χ1v) is 5.73. The van der Waals surface area contributed by atoms with Crippen LogP contribution in [0.25, 0.3) is 0 Å². The molecule has 0 fully saturated rings. The number of carbonyl (C=O) groups is 1. The molecule has 0 saturated carbocycles. The van der Waals surface area contributed by atoms with Crippen molar-refractivity contribution >= 4 is 41.4 Å². The number of halogens is 2. The summed E-state index contributed by atoms with van der Waals surface area (Å²) in [6, 6.07) is 8.20. The maximum Gasteiger partial charge on any atom is 0.323 e. The second kappa shape index (κ2) is 6.41. The molecule has 0 radical (unpaired) electrons. The van der Waals surface area contributed by atoms with Crippen molar-refractivity contribution in [2.45, 2.75) is 6.92 Å². The Labute approximate surface area is 122 Å². The lowest BCUT2D eigenvalue weighted by atomic mass is 10.2. The number of nitrogens with two attached hydrogens (primary N) is 1. The number of benzene rings is 1. The van der Waals surface area contributed by atoms with E-state index in [2.05, 4.69) is 4.98 Å². The molecule has 0 spiro atoms. The van der Waals surface area contributed by atoms with Crippen LogP contribution in [0.3, 0.4) is 0 Å². The number of aryl methyl sites for hydroxylation is 1. The Bertz CT molecular complexity index is 575. The summed E-state index contributed by atoms with van der Waals surface area (Å²) in [5.74, 6) is 0. The maximum atomic E-state index is 11.6. The summed E-state index contributed by atoms with van der Waals surface area (Å²) in [6.07, 6.45) is 3.20. The smallest absolute Gasteiger partial charge is 0.323 e. The average molecular weight is 298 g/mol. The van der Waals surface area contributed by atoms with Gasteiger partial charge in [-0.05, 0) is 36.8 Å². The Balaban J connectivity index is 0.00000180. The number of hydrogen-bond donors (Lipinski definition) is 1. The van der Waals surface area contributed by atoms with E-state index in [4.69, 9.17) is 17.3 Å². The van der Waals surface area contributed by atoms with Crippen molar-refractivity contribution in [3.05, 3.63) is 53.3 Å². The summed E-state index contributed by atoms with van der Waals surface area (Å²) >= 11 is 6.06. The molecule has 0 saturated heterocycles. The normalized spacial score (nSPS) is 9.58. The summed E-state index contributed by atoms with van der Waals surface area (Å²) in [6.45, 7) is 1.90. The second-order valence-electron chi connectivity index (χ2n) is 3.81. The fourth-order valence-corrected chi connectivity index (χ4v) is 1.79. The molecule has 0 aliphatic heterocycles. The van der Waals surface area contributed by atoms with Gasteiger partial charge in [0.2, 0.25) is 0 Å². The molecule has 1 heterocycles. The number of nitrogens with zero attached hydrogens (tertiary/aromatic N) is 2. The highest BCUT2D eigenvalue weighted by molar-refractivity contribution is 6.31. The van der Waals surface area contributed by atoms with Crippen molar-refractivity contribution in [2.24, 2.45) is 5.73 Å². The van der Waals surface area contributed by atoms with Crippen molar-refractivity contribution in [2.75, 3.05) is 4.90 Å². The first-order valence-electron chi connectivity index (χ1n) is 5.35. The second-order valence-corrected chi connectivity index (χ2v) is 4.22. The third-order valence-electron chi connectivity index (χ3n) is 2.55. The Kier molecular flexibility index (Phi) is 5.15. The fraction of sp³-hybridized carbons (Fsp3) is 0.0769. The predicted octanol–water partition coefficient (Wildman–Crippen LogP) is 3.68. The molecule has 2 amide bonds. The van der Waals surface area contributed by atoms with Gasteiger partial charge in [-0.2, -0.15) is 0 Å². The van der Waals surface area contributed by atoms with E-state index in [0.717, 1.165) is 5.56 Å². The van der Waals surface area contributed by atoms with Gasteiger partial charge in [-0.15, -0.1) is 12.4 Å². The molecule has 6 heteroatoms. The van der Waals surface area contributed by atoms with Crippen LogP contribution in [0.15, 0.2) is 42.7 Å². The molecule has 1 aromatic carbocycles. The van der Waals surface area contributed by atoms with Gasteiger partial charge in [0.25, 0.3) is 0 Å². The molecule has 19 heavy (non-hydrogen) atoms. The average Bonchev–Trinajstić information content (AvgIpc) is 2.35. The number of primary amides is 1. The number of hydrogen-bond acceptors (Lipinski definition) is 2. The lowest BCUT2D eigenvalue weighted by Gasteiger charge is -2.20. The molecule has 2 aromatic rings. The van der Waals surface area contributed by atoms with Gasteiger partial charge in [0.1, 0.15) is 0 Å². The third kappa shape index (κ3) is 3.36. The zero-order valence-electron chi connectivity index (χ0n) is 10.2. The van der Waals surface area contributed by atoms with Crippen LogP contribution in [0.2, 0.25) is 5.02 Å². The van der Waals surface area contributed by atoms with E-state index in [1.807, 2.05) is 13.0 Å². The van der Waals surface area contributed by atoms with Crippen LogP contribution in [0.4, 0.5) is 16.2 Å². The molecule has 2 rings (SSSR count). The van der Waals surface area contributed by atoms with Crippen molar-refractivity contribution in [1.82, 2.24) is 4.98 Å². The van der Waals surface area contributed by atoms with E-state index in [1.54, 1.807) is 36.7 Å². The Morgan fingerprint density at radius 2 is 1.84 bits per heavy atom. The van der Waals surface area contributed by atoms with Crippen LogP contribution >= 0.6 is 24.0 Å². The van der Waals surface area contributed by atoms with Gasteiger partial charge in [-0.25, -0.2) is 4.79 Å². The van der Waals surface area contributed by atoms with Gasteiger partial charge in [-0.1, -0.05) is 17.7 Å². The van der Waals surface area contributed by atoms with Gasteiger partial charge in [0.05, 0.1) is 11.4 Å². The van der Waals surface area contributed by atoms with Gasteiger partial charge in [0.15, 0.2) is 0 Å². The van der Waals surface area contributed by atoms with Crippen LogP contribution in [0.1, 0.15) is 5.56 Å². The highest BCUT2D eigenvalue weighted by Crippen LogP contribution is 2.28. The van der Waals surface area contributed by atoms with Gasteiger partial charge in [0, 0.05) is 17.4 Å². The number of carbonyl (C=O) groups excluding carboxylic acids is 1. The zero-order chi connectivity index (χ0) is 13.1. The van der Waals surface area contributed by atoms with E-state index >= 15 is 0 Å². The Morgan fingerprint density at radius 3 is 2.37 bits per heavy atom. The maximum absolute atomic E-state index is 11.6. The molecule has 1 aromatic heterocycles. The number of urea groups is 1. The number of aromatic nitrogens is 1. The first kappa shape index (κ1) is 15.3. The first-order chi connectivity index (χ1) is 8.59. The standard InChI is InChI=1S/C13H12ClN3O.ClH/c1-9-2-3-11(8-12(9)14)17(13(15)18)10-4-6-16-7-5-10;/h2-8H,1H3,(H2,15,18);1H. The number of anilines is 2. The lowest BCUT2D eigenvalue weighted by Crippen LogP contribution is -2.31. The molecule has 4 nitrogen and oxygen atoms in total. The SMILES string of the molecule is Cc1ccc(N(C(N)=O)c2ccncc2)cc1Cl.Cl. The molecular weight excluding hydrogens is 285 g/mol. The number of pyridine rings is 1. The molecule has 100 valence electrons. The molecule has 0 bridgehead atoms. The van der Waals surface area contributed by atoms with E-state index in [9.17, 15) is 4.79 Å². The van der Waals surface area contributed by atoms with Crippen LogP contribution in [0.5, 0.6) is 0 Å². The summed E-state index contributed by atoms with van der Waals surface area (Å²) in [5, 5.41) is 0.591. The monoisotopic (exact) mass is 297 g/mol. The highest BCUT2D eigenvalue weighted by Gasteiger charge is 2.15. The minimum atomic E-state index is -0.568. The summed E-state index contributed by atoms with van der Waals surface area (Å²) in [4.78, 5) is 16.9. The van der Waals surface area contributed by atoms with E-state index < -0.39 is 6.03 Å². The van der Waals surface area contributed by atoms with E-state index in [1.165, 1.54) is 4.90 Å². The van der Waals surface area contributed by atoms with Crippen molar-refractivity contribution in [3.8, 4) is 0 Å². The minimum Gasteiger partial charge on any atom is -0.351 e. The minimum absolute atomic E-state index is 0. The lowest BCUT2D eigenvalue weighted by molar-refractivity contribution is 0.256. The van der Waals surface area contributed by atoms with Crippen molar-refractivity contribution in [3.63, 3.8) is 0 Å². The quantitative estimate of drug-likeness (QED) is 0.919. The summed E-state index contributed by atoms with van der Waals surface area (Å²) in [7, 11) is 0. The Morgan fingerprint density at radius 1 is 1.21 bits per heavy atom. The van der Waals surface area contributed by atoms with Crippen LogP contribution < -0.4 is 10.6 Å². The molecule has 0 aliphatic rings. The van der Waals surface area contributed by atoms with E-state index in [0.29, 0.717) is 16.4 Å². The van der Waals surface area contributed by atoms with Gasteiger partial charge in [-0.3, -0.25) is 9.88 Å². The molecule has 0 unspecified atom stereocenters.